The number of Topliss-reactive ketones (excluding diaryl/α,β-unsaturated/α-hetero) is 1. The average molecular weight is 225 g/mol. The first-order valence-corrected chi connectivity index (χ1v) is 5.55. The van der Waals surface area contributed by atoms with Crippen LogP contribution >= 0.6 is 11.3 Å². The minimum atomic E-state index is -0.549. The first kappa shape index (κ1) is 10.2. The number of methoxy groups -OCH3 is 1. The molecule has 15 heavy (non-hydrogen) atoms. The number of thiophene rings is 1. The van der Waals surface area contributed by atoms with Crippen molar-refractivity contribution in [1.29, 1.82) is 0 Å². The lowest BCUT2D eigenvalue weighted by molar-refractivity contribution is 0.0917. The van der Waals surface area contributed by atoms with Crippen molar-refractivity contribution >= 4 is 23.2 Å². The van der Waals surface area contributed by atoms with Crippen LogP contribution in [-0.4, -0.2) is 25.0 Å². The molecule has 1 atom stereocenters. The van der Waals surface area contributed by atoms with E-state index in [1.165, 1.54) is 7.11 Å². The maximum atomic E-state index is 11.9. The lowest BCUT2D eigenvalue weighted by atomic mass is 9.93. The van der Waals surface area contributed by atoms with Crippen LogP contribution in [0.5, 0.6) is 0 Å². The van der Waals surface area contributed by atoms with Gasteiger partial charge in [-0.05, 0) is 24.3 Å². The van der Waals surface area contributed by atoms with Gasteiger partial charge >= 0.3 is 6.09 Å². The van der Waals surface area contributed by atoms with E-state index in [2.05, 4.69) is 10.1 Å². The van der Waals surface area contributed by atoms with Crippen LogP contribution in [-0.2, 0) is 11.2 Å². The van der Waals surface area contributed by atoms with Crippen LogP contribution in [0.2, 0.25) is 0 Å². The summed E-state index contributed by atoms with van der Waals surface area (Å²) in [7, 11) is 1.29. The number of rotatable bonds is 1. The molecule has 2 rings (SSSR count). The molecule has 0 spiro atoms. The second kappa shape index (κ2) is 4.02. The van der Waals surface area contributed by atoms with E-state index in [1.54, 1.807) is 11.3 Å². The summed E-state index contributed by atoms with van der Waals surface area (Å²) in [5.41, 5.74) is 0.743. The lowest BCUT2D eigenvalue weighted by Crippen LogP contribution is -2.43. The fraction of sp³-hybridized carbons (Fsp3) is 0.400. The summed E-state index contributed by atoms with van der Waals surface area (Å²) in [6.07, 6.45) is 0.946. The van der Waals surface area contributed by atoms with Crippen molar-refractivity contribution in [3.05, 3.63) is 21.9 Å². The zero-order valence-electron chi connectivity index (χ0n) is 8.28. The molecule has 1 aromatic rings. The van der Waals surface area contributed by atoms with Gasteiger partial charge in [-0.15, -0.1) is 11.3 Å². The SMILES string of the molecule is COC(=O)NC1CCc2sccc2C1=O. The minimum absolute atomic E-state index is 0.0112. The molecule has 0 saturated heterocycles. The number of aryl methyl sites for hydroxylation is 1. The standard InChI is InChI=1S/C10H11NO3S/c1-14-10(13)11-7-2-3-8-6(9(7)12)4-5-15-8/h4-5,7H,2-3H2,1H3,(H,11,13). The molecule has 5 heteroatoms. The normalized spacial score (nSPS) is 19.5. The number of fused-ring (bicyclic) bond motifs is 1. The Kier molecular flexibility index (Phi) is 2.73. The summed E-state index contributed by atoms with van der Waals surface area (Å²) in [5, 5.41) is 4.45. The Labute approximate surface area is 91.2 Å². The van der Waals surface area contributed by atoms with Crippen LogP contribution in [0, 0.1) is 0 Å². The van der Waals surface area contributed by atoms with Gasteiger partial charge in [0.2, 0.25) is 0 Å². The monoisotopic (exact) mass is 225 g/mol. The third-order valence-electron chi connectivity index (χ3n) is 2.46. The topological polar surface area (TPSA) is 55.4 Å². The molecule has 1 amide bonds. The van der Waals surface area contributed by atoms with Gasteiger partial charge in [0, 0.05) is 10.4 Å². The van der Waals surface area contributed by atoms with Crippen LogP contribution in [0.15, 0.2) is 11.4 Å². The molecule has 0 aliphatic heterocycles. The van der Waals surface area contributed by atoms with E-state index in [0.717, 1.165) is 16.9 Å². The highest BCUT2D eigenvalue weighted by atomic mass is 32.1. The molecule has 0 fully saturated rings. The number of hydrogen-bond acceptors (Lipinski definition) is 4. The number of hydrogen-bond donors (Lipinski definition) is 1. The molecule has 0 saturated carbocycles. The van der Waals surface area contributed by atoms with E-state index >= 15 is 0 Å². The Hall–Kier alpha value is -1.36. The Balaban J connectivity index is 2.13. The van der Waals surface area contributed by atoms with Gasteiger partial charge in [-0.3, -0.25) is 4.79 Å². The van der Waals surface area contributed by atoms with E-state index in [0.29, 0.717) is 6.42 Å². The van der Waals surface area contributed by atoms with Crippen molar-refractivity contribution in [1.82, 2.24) is 5.32 Å². The first-order chi connectivity index (χ1) is 7.22. The predicted molar refractivity (Wildman–Crippen MR) is 56.3 cm³/mol. The van der Waals surface area contributed by atoms with E-state index in [4.69, 9.17) is 0 Å². The van der Waals surface area contributed by atoms with Gasteiger partial charge in [-0.1, -0.05) is 0 Å². The molecular weight excluding hydrogens is 214 g/mol. The summed E-state index contributed by atoms with van der Waals surface area (Å²) in [6.45, 7) is 0. The zero-order chi connectivity index (χ0) is 10.8. The van der Waals surface area contributed by atoms with Gasteiger partial charge < -0.3 is 10.1 Å². The summed E-state index contributed by atoms with van der Waals surface area (Å²) in [4.78, 5) is 24.0. The maximum Gasteiger partial charge on any atom is 0.407 e. The van der Waals surface area contributed by atoms with Crippen molar-refractivity contribution < 1.29 is 14.3 Å². The first-order valence-electron chi connectivity index (χ1n) is 4.67. The summed E-state index contributed by atoms with van der Waals surface area (Å²) in [5.74, 6) is -0.0112. The number of carbonyl (C=O) groups is 2. The fourth-order valence-corrected chi connectivity index (χ4v) is 2.59. The summed E-state index contributed by atoms with van der Waals surface area (Å²) >= 11 is 1.59. The third-order valence-corrected chi connectivity index (χ3v) is 3.45. The van der Waals surface area contributed by atoms with Crippen LogP contribution in [0.1, 0.15) is 21.7 Å². The Bertz CT molecular complexity index is 399. The quantitative estimate of drug-likeness (QED) is 0.789. The molecule has 0 aromatic carbocycles. The summed E-state index contributed by atoms with van der Waals surface area (Å²) in [6, 6.07) is 1.38. The molecule has 1 aliphatic carbocycles. The van der Waals surface area contributed by atoms with Crippen LogP contribution in [0.3, 0.4) is 0 Å². The second-order valence-electron chi connectivity index (χ2n) is 3.35. The molecular formula is C10H11NO3S. The van der Waals surface area contributed by atoms with Crippen molar-refractivity contribution in [3.63, 3.8) is 0 Å². The predicted octanol–water partition coefficient (Wildman–Crippen LogP) is 1.60. The molecule has 80 valence electrons. The third kappa shape index (κ3) is 1.87. The van der Waals surface area contributed by atoms with Crippen molar-refractivity contribution in [2.75, 3.05) is 7.11 Å². The lowest BCUT2D eigenvalue weighted by Gasteiger charge is -2.21. The van der Waals surface area contributed by atoms with E-state index in [1.807, 2.05) is 11.4 Å². The largest absolute Gasteiger partial charge is 0.453 e. The second-order valence-corrected chi connectivity index (χ2v) is 4.35. The molecule has 1 heterocycles. The number of amides is 1. The number of carbonyl (C=O) groups excluding carboxylic acids is 2. The number of ketones is 1. The van der Waals surface area contributed by atoms with Crippen molar-refractivity contribution in [2.24, 2.45) is 0 Å². The van der Waals surface area contributed by atoms with E-state index < -0.39 is 12.1 Å². The molecule has 0 bridgehead atoms. The van der Waals surface area contributed by atoms with Gasteiger partial charge in [0.25, 0.3) is 0 Å². The van der Waals surface area contributed by atoms with Crippen molar-refractivity contribution in [3.8, 4) is 0 Å². The molecule has 1 aromatic heterocycles. The number of alkyl carbamates (subject to hydrolysis) is 1. The van der Waals surface area contributed by atoms with Crippen LogP contribution in [0.4, 0.5) is 4.79 Å². The number of nitrogens with one attached hydrogen (secondary N) is 1. The zero-order valence-corrected chi connectivity index (χ0v) is 9.10. The van der Waals surface area contributed by atoms with Crippen molar-refractivity contribution in [2.45, 2.75) is 18.9 Å². The maximum absolute atomic E-state index is 11.9. The molecule has 4 nitrogen and oxygen atoms in total. The molecule has 1 N–H and O–H groups in total. The van der Waals surface area contributed by atoms with Gasteiger partial charge in [0.05, 0.1) is 13.2 Å². The van der Waals surface area contributed by atoms with Gasteiger partial charge in [-0.25, -0.2) is 4.79 Å². The smallest absolute Gasteiger partial charge is 0.407 e. The molecule has 1 aliphatic rings. The minimum Gasteiger partial charge on any atom is -0.453 e. The Morgan fingerprint density at radius 3 is 3.20 bits per heavy atom. The van der Waals surface area contributed by atoms with Gasteiger partial charge in [0.15, 0.2) is 5.78 Å². The average Bonchev–Trinajstić information content (AvgIpc) is 2.70. The highest BCUT2D eigenvalue weighted by molar-refractivity contribution is 7.10. The van der Waals surface area contributed by atoms with E-state index in [9.17, 15) is 9.59 Å². The molecule has 1 unspecified atom stereocenters. The number of ether oxygens (including phenoxy) is 1. The van der Waals surface area contributed by atoms with Gasteiger partial charge in [-0.2, -0.15) is 0 Å². The fourth-order valence-electron chi connectivity index (χ4n) is 1.69. The van der Waals surface area contributed by atoms with Gasteiger partial charge in [0.1, 0.15) is 0 Å². The Morgan fingerprint density at radius 2 is 2.47 bits per heavy atom. The highest BCUT2D eigenvalue weighted by Crippen LogP contribution is 2.26. The highest BCUT2D eigenvalue weighted by Gasteiger charge is 2.29. The van der Waals surface area contributed by atoms with Crippen LogP contribution in [0.25, 0.3) is 0 Å². The van der Waals surface area contributed by atoms with Crippen LogP contribution < -0.4 is 5.32 Å². The molecule has 0 radical (unpaired) electrons. The summed E-state index contributed by atoms with van der Waals surface area (Å²) < 4.78 is 4.47. The Morgan fingerprint density at radius 1 is 1.67 bits per heavy atom. The van der Waals surface area contributed by atoms with E-state index in [-0.39, 0.29) is 5.78 Å².